The van der Waals surface area contributed by atoms with Crippen LogP contribution in [0.3, 0.4) is 0 Å². The van der Waals surface area contributed by atoms with E-state index in [0.717, 1.165) is 44.2 Å². The number of para-hydroxylation sites is 1. The van der Waals surface area contributed by atoms with Gasteiger partial charge in [-0.25, -0.2) is 0 Å². The van der Waals surface area contributed by atoms with Crippen LogP contribution in [-0.4, -0.2) is 36.2 Å². The third kappa shape index (κ3) is 3.14. The molecule has 1 fully saturated rings. The van der Waals surface area contributed by atoms with E-state index in [1.807, 2.05) is 18.2 Å². The van der Waals surface area contributed by atoms with Crippen molar-refractivity contribution in [2.45, 2.75) is 6.54 Å². The lowest BCUT2D eigenvalue weighted by atomic mass is 10.2. The Bertz CT molecular complexity index is 729. The van der Waals surface area contributed by atoms with Gasteiger partial charge in [-0.2, -0.15) is 0 Å². The molecule has 3 heterocycles. The van der Waals surface area contributed by atoms with E-state index in [0.29, 0.717) is 5.76 Å². The SMILES string of the molecule is c1ccc(N2CCN(Cc3cc(-c4ccco4)on3)CC2)cc1. The van der Waals surface area contributed by atoms with Gasteiger partial charge in [0, 0.05) is 44.5 Å². The van der Waals surface area contributed by atoms with E-state index in [2.05, 4.69) is 45.3 Å². The van der Waals surface area contributed by atoms with Crippen molar-refractivity contribution in [2.75, 3.05) is 31.1 Å². The molecule has 0 spiro atoms. The van der Waals surface area contributed by atoms with E-state index in [4.69, 9.17) is 8.94 Å². The summed E-state index contributed by atoms with van der Waals surface area (Å²) in [7, 11) is 0. The van der Waals surface area contributed by atoms with Gasteiger partial charge in [0.1, 0.15) is 0 Å². The van der Waals surface area contributed by atoms with Crippen LogP contribution in [0.4, 0.5) is 5.69 Å². The average molecular weight is 309 g/mol. The molecule has 5 nitrogen and oxygen atoms in total. The maximum atomic E-state index is 5.36. The third-order valence-electron chi connectivity index (χ3n) is 4.20. The van der Waals surface area contributed by atoms with Gasteiger partial charge in [-0.05, 0) is 24.3 Å². The number of nitrogens with zero attached hydrogens (tertiary/aromatic N) is 3. The molecule has 4 rings (SSSR count). The fourth-order valence-electron chi connectivity index (χ4n) is 2.95. The summed E-state index contributed by atoms with van der Waals surface area (Å²) >= 11 is 0. The maximum absolute atomic E-state index is 5.36. The smallest absolute Gasteiger partial charge is 0.202 e. The van der Waals surface area contributed by atoms with E-state index in [9.17, 15) is 0 Å². The van der Waals surface area contributed by atoms with Crippen LogP contribution in [0.5, 0.6) is 0 Å². The van der Waals surface area contributed by atoms with Gasteiger partial charge < -0.3 is 13.8 Å². The summed E-state index contributed by atoms with van der Waals surface area (Å²) in [5.74, 6) is 1.41. The predicted molar refractivity (Wildman–Crippen MR) is 88.1 cm³/mol. The van der Waals surface area contributed by atoms with E-state index in [-0.39, 0.29) is 0 Å². The molecule has 0 atom stereocenters. The van der Waals surface area contributed by atoms with Crippen LogP contribution < -0.4 is 4.90 Å². The number of hydrogen-bond donors (Lipinski definition) is 0. The number of rotatable bonds is 4. The lowest BCUT2D eigenvalue weighted by Gasteiger charge is -2.35. The molecule has 0 amide bonds. The van der Waals surface area contributed by atoms with Crippen LogP contribution in [0, 0.1) is 0 Å². The molecule has 1 aromatic carbocycles. The summed E-state index contributed by atoms with van der Waals surface area (Å²) in [4.78, 5) is 4.83. The second-order valence-electron chi connectivity index (χ2n) is 5.76. The molecule has 3 aromatic rings. The van der Waals surface area contributed by atoms with Crippen LogP contribution in [0.1, 0.15) is 5.69 Å². The summed E-state index contributed by atoms with van der Waals surface area (Å²) in [6, 6.07) is 16.3. The molecular formula is C18H19N3O2. The highest BCUT2D eigenvalue weighted by Gasteiger charge is 2.19. The van der Waals surface area contributed by atoms with Crippen LogP contribution in [0.25, 0.3) is 11.5 Å². The molecule has 0 saturated carbocycles. The highest BCUT2D eigenvalue weighted by Crippen LogP contribution is 2.22. The number of benzene rings is 1. The molecule has 5 heteroatoms. The molecule has 0 bridgehead atoms. The first-order valence-corrected chi connectivity index (χ1v) is 7.90. The van der Waals surface area contributed by atoms with Crippen molar-refractivity contribution in [3.05, 3.63) is 60.5 Å². The Morgan fingerprint density at radius 3 is 2.48 bits per heavy atom. The molecule has 118 valence electrons. The molecule has 23 heavy (non-hydrogen) atoms. The minimum atomic E-state index is 0.688. The monoisotopic (exact) mass is 309 g/mol. The molecular weight excluding hydrogens is 290 g/mol. The second kappa shape index (κ2) is 6.30. The minimum Gasteiger partial charge on any atom is -0.461 e. The van der Waals surface area contributed by atoms with Gasteiger partial charge in [0.05, 0.1) is 12.0 Å². The van der Waals surface area contributed by atoms with Crippen LogP contribution in [0.2, 0.25) is 0 Å². The van der Waals surface area contributed by atoms with Gasteiger partial charge >= 0.3 is 0 Å². The fourth-order valence-corrected chi connectivity index (χ4v) is 2.95. The zero-order valence-electron chi connectivity index (χ0n) is 12.9. The number of piperazine rings is 1. The summed E-state index contributed by atoms with van der Waals surface area (Å²) in [6.45, 7) is 4.93. The molecule has 0 aliphatic carbocycles. The first kappa shape index (κ1) is 14.1. The lowest BCUT2D eigenvalue weighted by Crippen LogP contribution is -2.46. The van der Waals surface area contributed by atoms with E-state index in [1.165, 1.54) is 5.69 Å². The highest BCUT2D eigenvalue weighted by molar-refractivity contribution is 5.49. The van der Waals surface area contributed by atoms with Crippen molar-refractivity contribution < 1.29 is 8.94 Å². The van der Waals surface area contributed by atoms with Crippen molar-refractivity contribution in [3.8, 4) is 11.5 Å². The Balaban J connectivity index is 1.35. The number of aromatic nitrogens is 1. The van der Waals surface area contributed by atoms with Gasteiger partial charge in [0.15, 0.2) is 5.76 Å². The standard InChI is InChI=1S/C18H19N3O2/c1-2-5-16(6-3-1)21-10-8-20(9-11-21)14-15-13-18(23-19-15)17-7-4-12-22-17/h1-7,12-13H,8-11,14H2. The fraction of sp³-hybridized carbons (Fsp3) is 0.278. The third-order valence-corrected chi connectivity index (χ3v) is 4.20. The summed E-state index contributed by atoms with van der Waals surface area (Å²) < 4.78 is 10.7. The van der Waals surface area contributed by atoms with Gasteiger partial charge in [-0.1, -0.05) is 23.4 Å². The minimum absolute atomic E-state index is 0.688. The number of anilines is 1. The van der Waals surface area contributed by atoms with E-state index in [1.54, 1.807) is 6.26 Å². The quantitative estimate of drug-likeness (QED) is 0.740. The first-order valence-electron chi connectivity index (χ1n) is 7.90. The Morgan fingerprint density at radius 2 is 1.74 bits per heavy atom. The highest BCUT2D eigenvalue weighted by atomic mass is 16.5. The van der Waals surface area contributed by atoms with Gasteiger partial charge in [0.25, 0.3) is 0 Å². The summed E-state index contributed by atoms with van der Waals surface area (Å²) in [5.41, 5.74) is 2.25. The maximum Gasteiger partial charge on any atom is 0.202 e. The Labute approximate surface area is 135 Å². The Morgan fingerprint density at radius 1 is 0.913 bits per heavy atom. The normalized spacial score (nSPS) is 15.9. The summed E-state index contributed by atoms with van der Waals surface area (Å²) in [6.07, 6.45) is 1.64. The van der Waals surface area contributed by atoms with Crippen molar-refractivity contribution in [1.82, 2.24) is 10.1 Å². The van der Waals surface area contributed by atoms with E-state index >= 15 is 0 Å². The van der Waals surface area contributed by atoms with E-state index < -0.39 is 0 Å². The topological polar surface area (TPSA) is 45.7 Å². The molecule has 0 N–H and O–H groups in total. The van der Waals surface area contributed by atoms with Crippen molar-refractivity contribution in [1.29, 1.82) is 0 Å². The lowest BCUT2D eigenvalue weighted by molar-refractivity contribution is 0.242. The molecule has 0 unspecified atom stereocenters. The van der Waals surface area contributed by atoms with Gasteiger partial charge in [-0.3, -0.25) is 4.90 Å². The van der Waals surface area contributed by atoms with Crippen LogP contribution in [0.15, 0.2) is 63.7 Å². The van der Waals surface area contributed by atoms with Crippen LogP contribution in [-0.2, 0) is 6.54 Å². The first-order chi connectivity index (χ1) is 11.4. The number of furan rings is 1. The number of hydrogen-bond acceptors (Lipinski definition) is 5. The zero-order chi connectivity index (χ0) is 15.5. The second-order valence-corrected chi connectivity index (χ2v) is 5.76. The molecule has 0 radical (unpaired) electrons. The van der Waals surface area contributed by atoms with Crippen molar-refractivity contribution in [2.24, 2.45) is 0 Å². The van der Waals surface area contributed by atoms with Gasteiger partial charge in [0.2, 0.25) is 5.76 Å². The molecule has 2 aromatic heterocycles. The van der Waals surface area contributed by atoms with Gasteiger partial charge in [-0.15, -0.1) is 0 Å². The molecule has 1 saturated heterocycles. The molecule has 1 aliphatic rings. The Kier molecular flexibility index (Phi) is 3.86. The zero-order valence-corrected chi connectivity index (χ0v) is 12.9. The Hall–Kier alpha value is -2.53. The van der Waals surface area contributed by atoms with Crippen molar-refractivity contribution in [3.63, 3.8) is 0 Å². The largest absolute Gasteiger partial charge is 0.461 e. The predicted octanol–water partition coefficient (Wildman–Crippen LogP) is 3.26. The van der Waals surface area contributed by atoms with Crippen LogP contribution >= 0.6 is 0 Å². The summed E-state index contributed by atoms with van der Waals surface area (Å²) in [5, 5.41) is 4.15. The van der Waals surface area contributed by atoms with Crippen molar-refractivity contribution >= 4 is 5.69 Å². The average Bonchev–Trinajstić information content (AvgIpc) is 3.28. The molecule has 1 aliphatic heterocycles.